The summed E-state index contributed by atoms with van der Waals surface area (Å²) in [6.45, 7) is 2.80. The largest absolute Gasteiger partial charge is 0.390 e. The number of amides is 2. The summed E-state index contributed by atoms with van der Waals surface area (Å²) in [5, 5.41) is 16.1. The van der Waals surface area contributed by atoms with Crippen molar-refractivity contribution in [3.05, 3.63) is 71.3 Å². The Morgan fingerprint density at radius 1 is 1.00 bits per heavy atom. The van der Waals surface area contributed by atoms with Crippen molar-refractivity contribution in [3.63, 3.8) is 0 Å². The van der Waals surface area contributed by atoms with E-state index in [4.69, 9.17) is 4.74 Å². The number of aryl methyl sites for hydroxylation is 1. The van der Waals surface area contributed by atoms with Gasteiger partial charge in [-0.05, 0) is 31.2 Å². The van der Waals surface area contributed by atoms with Crippen LogP contribution in [0.15, 0.2) is 54.6 Å². The first kappa shape index (κ1) is 19.1. The van der Waals surface area contributed by atoms with Gasteiger partial charge < -0.3 is 20.5 Å². The Hall–Kier alpha value is -2.70. The molecule has 2 aromatic rings. The highest BCUT2D eigenvalue weighted by Crippen LogP contribution is 2.20. The SMILES string of the molecule is Cc1cccc(C(=O)NC[C@H]2OC[C@@H](CNC(=O)c3ccccc3)[C@@H]2O)c1. The molecule has 1 heterocycles. The highest BCUT2D eigenvalue weighted by Gasteiger charge is 2.36. The molecule has 0 radical (unpaired) electrons. The van der Waals surface area contributed by atoms with Crippen molar-refractivity contribution < 1.29 is 19.4 Å². The Morgan fingerprint density at radius 2 is 1.67 bits per heavy atom. The molecule has 1 aliphatic rings. The lowest BCUT2D eigenvalue weighted by Gasteiger charge is -2.18. The molecule has 6 nitrogen and oxygen atoms in total. The molecule has 0 spiro atoms. The lowest BCUT2D eigenvalue weighted by Crippen LogP contribution is -2.41. The smallest absolute Gasteiger partial charge is 0.251 e. The van der Waals surface area contributed by atoms with Crippen LogP contribution in [0, 0.1) is 12.8 Å². The zero-order valence-corrected chi connectivity index (χ0v) is 15.2. The molecule has 0 aliphatic carbocycles. The Labute approximate surface area is 158 Å². The number of hydrogen-bond donors (Lipinski definition) is 3. The molecule has 0 bridgehead atoms. The van der Waals surface area contributed by atoms with Crippen molar-refractivity contribution in [3.8, 4) is 0 Å². The van der Waals surface area contributed by atoms with Crippen LogP contribution >= 0.6 is 0 Å². The molecule has 0 saturated carbocycles. The first-order chi connectivity index (χ1) is 13.0. The first-order valence-corrected chi connectivity index (χ1v) is 9.02. The van der Waals surface area contributed by atoms with Crippen molar-refractivity contribution in [2.24, 2.45) is 5.92 Å². The summed E-state index contributed by atoms with van der Waals surface area (Å²) in [5.41, 5.74) is 2.16. The molecule has 0 aromatic heterocycles. The van der Waals surface area contributed by atoms with Gasteiger partial charge in [-0.1, -0.05) is 35.9 Å². The number of rotatable bonds is 6. The van der Waals surface area contributed by atoms with Gasteiger partial charge in [-0.25, -0.2) is 0 Å². The Morgan fingerprint density at radius 3 is 2.41 bits per heavy atom. The summed E-state index contributed by atoms with van der Waals surface area (Å²) in [4.78, 5) is 24.3. The van der Waals surface area contributed by atoms with Crippen LogP contribution in [-0.4, -0.2) is 48.8 Å². The van der Waals surface area contributed by atoms with E-state index in [0.29, 0.717) is 24.3 Å². The number of carbonyl (C=O) groups is 2. The van der Waals surface area contributed by atoms with E-state index < -0.39 is 12.2 Å². The lowest BCUT2D eigenvalue weighted by molar-refractivity contribution is 0.0384. The molecule has 1 aliphatic heterocycles. The topological polar surface area (TPSA) is 87.7 Å². The molecule has 2 aromatic carbocycles. The number of hydrogen-bond acceptors (Lipinski definition) is 4. The van der Waals surface area contributed by atoms with Gasteiger partial charge in [0.1, 0.15) is 6.10 Å². The molecule has 27 heavy (non-hydrogen) atoms. The average Bonchev–Trinajstić information content (AvgIpc) is 3.04. The molecule has 1 fully saturated rings. The third-order valence-corrected chi connectivity index (χ3v) is 4.69. The van der Waals surface area contributed by atoms with Gasteiger partial charge in [-0.3, -0.25) is 9.59 Å². The van der Waals surface area contributed by atoms with E-state index in [1.54, 1.807) is 30.3 Å². The minimum absolute atomic E-state index is 0.181. The van der Waals surface area contributed by atoms with Crippen LogP contribution in [0.25, 0.3) is 0 Å². The molecular weight excluding hydrogens is 344 g/mol. The number of aliphatic hydroxyl groups excluding tert-OH is 1. The molecule has 142 valence electrons. The maximum atomic E-state index is 12.2. The Kier molecular flexibility index (Phi) is 6.21. The third-order valence-electron chi connectivity index (χ3n) is 4.69. The van der Waals surface area contributed by atoms with Gasteiger partial charge in [-0.15, -0.1) is 0 Å². The molecule has 0 unspecified atom stereocenters. The molecule has 3 N–H and O–H groups in total. The van der Waals surface area contributed by atoms with E-state index in [0.717, 1.165) is 5.56 Å². The number of carbonyl (C=O) groups excluding carboxylic acids is 2. The average molecular weight is 368 g/mol. The number of nitrogens with one attached hydrogen (secondary N) is 2. The molecule has 3 atom stereocenters. The van der Waals surface area contributed by atoms with Gasteiger partial charge in [-0.2, -0.15) is 0 Å². The van der Waals surface area contributed by atoms with Crippen LogP contribution in [0.5, 0.6) is 0 Å². The van der Waals surface area contributed by atoms with E-state index in [-0.39, 0.29) is 24.3 Å². The zero-order chi connectivity index (χ0) is 19.2. The van der Waals surface area contributed by atoms with Gasteiger partial charge >= 0.3 is 0 Å². The van der Waals surface area contributed by atoms with Crippen LogP contribution in [-0.2, 0) is 4.74 Å². The summed E-state index contributed by atoms with van der Waals surface area (Å²) in [5.74, 6) is -0.590. The first-order valence-electron chi connectivity index (χ1n) is 9.02. The summed E-state index contributed by atoms with van der Waals surface area (Å²) in [6.07, 6.45) is -1.24. The highest BCUT2D eigenvalue weighted by molar-refractivity contribution is 5.94. The van der Waals surface area contributed by atoms with Gasteiger partial charge in [0.15, 0.2) is 0 Å². The molecular formula is C21H24N2O4. The minimum Gasteiger partial charge on any atom is -0.390 e. The van der Waals surface area contributed by atoms with Crippen molar-refractivity contribution in [1.82, 2.24) is 10.6 Å². The summed E-state index contributed by atoms with van der Waals surface area (Å²) in [7, 11) is 0. The van der Waals surface area contributed by atoms with Crippen molar-refractivity contribution in [1.29, 1.82) is 0 Å². The van der Waals surface area contributed by atoms with E-state index in [2.05, 4.69) is 10.6 Å². The quantitative estimate of drug-likeness (QED) is 0.722. The number of aliphatic hydroxyl groups is 1. The molecule has 6 heteroatoms. The third kappa shape index (κ3) is 4.93. The number of ether oxygens (including phenoxy) is 1. The zero-order valence-electron chi connectivity index (χ0n) is 15.2. The summed E-state index contributed by atoms with van der Waals surface area (Å²) in [6, 6.07) is 16.2. The highest BCUT2D eigenvalue weighted by atomic mass is 16.5. The fourth-order valence-electron chi connectivity index (χ4n) is 3.10. The van der Waals surface area contributed by atoms with Gasteiger partial charge in [0, 0.05) is 30.1 Å². The van der Waals surface area contributed by atoms with Crippen molar-refractivity contribution in [2.75, 3.05) is 19.7 Å². The van der Waals surface area contributed by atoms with Crippen LogP contribution in [0.1, 0.15) is 26.3 Å². The fraction of sp³-hybridized carbons (Fsp3) is 0.333. The van der Waals surface area contributed by atoms with Crippen LogP contribution in [0.4, 0.5) is 0 Å². The van der Waals surface area contributed by atoms with Gasteiger partial charge in [0.05, 0.1) is 12.7 Å². The Balaban J connectivity index is 1.46. The second-order valence-corrected chi connectivity index (χ2v) is 6.78. The normalized spacial score (nSPS) is 21.6. The predicted octanol–water partition coefficient (Wildman–Crippen LogP) is 1.53. The Bertz CT molecular complexity index is 794. The molecule has 3 rings (SSSR count). The second kappa shape index (κ2) is 8.79. The van der Waals surface area contributed by atoms with Gasteiger partial charge in [0.25, 0.3) is 11.8 Å². The monoisotopic (exact) mass is 368 g/mol. The maximum absolute atomic E-state index is 12.2. The lowest BCUT2D eigenvalue weighted by atomic mass is 10.0. The van der Waals surface area contributed by atoms with Gasteiger partial charge in [0.2, 0.25) is 0 Å². The van der Waals surface area contributed by atoms with Crippen LogP contribution in [0.2, 0.25) is 0 Å². The second-order valence-electron chi connectivity index (χ2n) is 6.78. The maximum Gasteiger partial charge on any atom is 0.251 e. The van der Waals surface area contributed by atoms with E-state index >= 15 is 0 Å². The van der Waals surface area contributed by atoms with Crippen LogP contribution < -0.4 is 10.6 Å². The van der Waals surface area contributed by atoms with Crippen LogP contribution in [0.3, 0.4) is 0 Å². The summed E-state index contributed by atoms with van der Waals surface area (Å²) < 4.78 is 5.61. The summed E-state index contributed by atoms with van der Waals surface area (Å²) >= 11 is 0. The molecule has 2 amide bonds. The van der Waals surface area contributed by atoms with Crippen molar-refractivity contribution >= 4 is 11.8 Å². The minimum atomic E-state index is -0.751. The fourth-order valence-corrected chi connectivity index (χ4v) is 3.10. The van der Waals surface area contributed by atoms with E-state index in [1.165, 1.54) is 0 Å². The standard InChI is InChI=1S/C21H24N2O4/c1-14-6-5-9-16(10-14)21(26)23-12-18-19(24)17(13-27-18)11-22-20(25)15-7-3-2-4-8-15/h2-10,17-19,24H,11-13H2,1H3,(H,22,25)(H,23,26)/t17-,18-,19+/m1/s1. The number of benzene rings is 2. The van der Waals surface area contributed by atoms with E-state index in [9.17, 15) is 14.7 Å². The predicted molar refractivity (Wildman–Crippen MR) is 102 cm³/mol. The van der Waals surface area contributed by atoms with Crippen molar-refractivity contribution in [2.45, 2.75) is 19.1 Å². The molecule has 1 saturated heterocycles. The van der Waals surface area contributed by atoms with E-state index in [1.807, 2.05) is 31.2 Å².